The van der Waals surface area contributed by atoms with Crippen molar-refractivity contribution in [3.63, 3.8) is 0 Å². The second kappa shape index (κ2) is 15.1. The standard InChI is InChI=1S/C21H37N/c1-2-3-4-5-6-7-8-9-10-11-12-13-14-15-16-21-17-19-22-20-18-21/h17-20H,2-16H2,1H3/p+1. The monoisotopic (exact) mass is 304 g/mol. The van der Waals surface area contributed by atoms with Crippen molar-refractivity contribution in [3.05, 3.63) is 30.1 Å². The van der Waals surface area contributed by atoms with E-state index in [0.29, 0.717) is 0 Å². The third kappa shape index (κ3) is 11.8. The topological polar surface area (TPSA) is 14.1 Å². The second-order valence-corrected chi connectivity index (χ2v) is 6.75. The van der Waals surface area contributed by atoms with E-state index in [-0.39, 0.29) is 0 Å². The number of unbranched alkanes of at least 4 members (excludes halogenated alkanes) is 13. The Bertz CT molecular complexity index is 320. The van der Waals surface area contributed by atoms with Crippen LogP contribution >= 0.6 is 0 Å². The summed E-state index contributed by atoms with van der Waals surface area (Å²) in [7, 11) is 0. The summed E-state index contributed by atoms with van der Waals surface area (Å²) in [6, 6.07) is 4.39. The van der Waals surface area contributed by atoms with E-state index in [1.54, 1.807) is 0 Å². The van der Waals surface area contributed by atoms with E-state index in [4.69, 9.17) is 0 Å². The van der Waals surface area contributed by atoms with Crippen molar-refractivity contribution in [2.45, 2.75) is 103 Å². The molecule has 126 valence electrons. The first-order valence-electron chi connectivity index (χ1n) is 9.88. The van der Waals surface area contributed by atoms with Gasteiger partial charge in [-0.1, -0.05) is 90.4 Å². The number of H-pyrrole nitrogens is 1. The maximum Gasteiger partial charge on any atom is 0.167 e. The van der Waals surface area contributed by atoms with Crippen molar-refractivity contribution < 1.29 is 4.98 Å². The van der Waals surface area contributed by atoms with E-state index < -0.39 is 0 Å². The van der Waals surface area contributed by atoms with Gasteiger partial charge in [-0.05, 0) is 18.4 Å². The molecule has 1 aromatic rings. The van der Waals surface area contributed by atoms with Crippen molar-refractivity contribution in [2.75, 3.05) is 0 Å². The quantitative estimate of drug-likeness (QED) is 0.327. The molecule has 0 radical (unpaired) electrons. The molecule has 0 aliphatic rings. The second-order valence-electron chi connectivity index (χ2n) is 6.75. The first-order valence-corrected chi connectivity index (χ1v) is 9.88. The van der Waals surface area contributed by atoms with Gasteiger partial charge in [0.05, 0.1) is 0 Å². The molecule has 0 aliphatic carbocycles. The minimum atomic E-state index is 1.24. The van der Waals surface area contributed by atoms with Crippen LogP contribution in [-0.4, -0.2) is 0 Å². The fourth-order valence-corrected chi connectivity index (χ4v) is 3.11. The Morgan fingerprint density at radius 3 is 1.45 bits per heavy atom. The van der Waals surface area contributed by atoms with Gasteiger partial charge in [0.2, 0.25) is 0 Å². The zero-order valence-electron chi connectivity index (χ0n) is 14.9. The number of aryl methyl sites for hydroxylation is 1. The van der Waals surface area contributed by atoms with Gasteiger partial charge in [0.1, 0.15) is 0 Å². The van der Waals surface area contributed by atoms with Crippen LogP contribution in [0, 0.1) is 0 Å². The molecule has 0 amide bonds. The van der Waals surface area contributed by atoms with Gasteiger partial charge >= 0.3 is 0 Å². The summed E-state index contributed by atoms with van der Waals surface area (Å²) in [6.07, 6.45) is 25.4. The van der Waals surface area contributed by atoms with Crippen LogP contribution in [0.3, 0.4) is 0 Å². The van der Waals surface area contributed by atoms with Crippen LogP contribution < -0.4 is 4.98 Å². The van der Waals surface area contributed by atoms with Gasteiger partial charge in [0.15, 0.2) is 12.4 Å². The molecule has 0 atom stereocenters. The molecule has 0 fully saturated rings. The van der Waals surface area contributed by atoms with E-state index >= 15 is 0 Å². The van der Waals surface area contributed by atoms with Gasteiger partial charge in [-0.25, -0.2) is 4.98 Å². The number of hydrogen-bond acceptors (Lipinski definition) is 0. The summed E-state index contributed by atoms with van der Waals surface area (Å²) in [5, 5.41) is 0. The van der Waals surface area contributed by atoms with Crippen LogP contribution in [0.5, 0.6) is 0 Å². The Labute approximate surface area is 138 Å². The molecule has 1 N–H and O–H groups in total. The van der Waals surface area contributed by atoms with Crippen LogP contribution in [-0.2, 0) is 6.42 Å². The Hall–Kier alpha value is -0.850. The number of aromatic nitrogens is 1. The first-order chi connectivity index (χ1) is 10.9. The normalized spacial score (nSPS) is 11.0. The molecule has 1 aromatic heterocycles. The van der Waals surface area contributed by atoms with Gasteiger partial charge in [-0.15, -0.1) is 0 Å². The molecule has 0 unspecified atom stereocenters. The van der Waals surface area contributed by atoms with Crippen molar-refractivity contribution in [1.29, 1.82) is 0 Å². The molecule has 1 rings (SSSR count). The average molecular weight is 305 g/mol. The van der Waals surface area contributed by atoms with Crippen LogP contribution in [0.15, 0.2) is 24.5 Å². The highest BCUT2D eigenvalue weighted by atomic mass is 14.6. The van der Waals surface area contributed by atoms with Crippen LogP contribution in [0.4, 0.5) is 0 Å². The SMILES string of the molecule is CCCCCCCCCCCCCCCCc1cc[nH+]cc1. The van der Waals surface area contributed by atoms with Gasteiger partial charge < -0.3 is 0 Å². The number of rotatable bonds is 15. The first kappa shape index (κ1) is 19.2. The number of aromatic amines is 1. The lowest BCUT2D eigenvalue weighted by Gasteiger charge is -2.03. The highest BCUT2D eigenvalue weighted by Crippen LogP contribution is 2.13. The molecule has 1 heteroatoms. The summed E-state index contributed by atoms with van der Waals surface area (Å²) in [6.45, 7) is 2.29. The molecule has 0 aliphatic heterocycles. The third-order valence-electron chi connectivity index (χ3n) is 4.61. The maximum absolute atomic E-state index is 3.08. The molecule has 0 bridgehead atoms. The predicted octanol–water partition coefficient (Wildman–Crippen LogP) is 6.52. The lowest BCUT2D eigenvalue weighted by atomic mass is 10.0. The molecule has 0 aromatic carbocycles. The number of nitrogens with one attached hydrogen (secondary N) is 1. The third-order valence-corrected chi connectivity index (χ3v) is 4.61. The molecule has 1 nitrogen and oxygen atoms in total. The van der Waals surface area contributed by atoms with Crippen molar-refractivity contribution in [2.24, 2.45) is 0 Å². The Morgan fingerprint density at radius 1 is 0.591 bits per heavy atom. The lowest BCUT2D eigenvalue weighted by Crippen LogP contribution is -1.98. The van der Waals surface area contributed by atoms with Gasteiger partial charge in [0, 0.05) is 12.1 Å². The molecule has 0 saturated heterocycles. The van der Waals surface area contributed by atoms with Crippen LogP contribution in [0.2, 0.25) is 0 Å². The number of hydrogen-bond donors (Lipinski definition) is 0. The van der Waals surface area contributed by atoms with E-state index in [0.717, 1.165) is 0 Å². The average Bonchev–Trinajstić information content (AvgIpc) is 2.56. The smallest absolute Gasteiger partial charge is 0.167 e. The zero-order valence-corrected chi connectivity index (χ0v) is 14.9. The van der Waals surface area contributed by atoms with Gasteiger partial charge in [0.25, 0.3) is 0 Å². The Kier molecular flexibility index (Phi) is 13.1. The highest BCUT2D eigenvalue weighted by molar-refractivity contribution is 5.06. The highest BCUT2D eigenvalue weighted by Gasteiger charge is 1.96. The van der Waals surface area contributed by atoms with E-state index in [9.17, 15) is 0 Å². The fourth-order valence-electron chi connectivity index (χ4n) is 3.11. The van der Waals surface area contributed by atoms with Gasteiger partial charge in [-0.3, -0.25) is 0 Å². The molecular formula is C21H38N+. The van der Waals surface area contributed by atoms with Crippen molar-refractivity contribution in [3.8, 4) is 0 Å². The van der Waals surface area contributed by atoms with E-state index in [1.165, 1.54) is 102 Å². The van der Waals surface area contributed by atoms with E-state index in [1.807, 2.05) is 12.4 Å². The summed E-state index contributed by atoms with van der Waals surface area (Å²) >= 11 is 0. The molecule has 0 spiro atoms. The van der Waals surface area contributed by atoms with Gasteiger partial charge in [-0.2, -0.15) is 0 Å². The fraction of sp³-hybridized carbons (Fsp3) is 0.762. The number of pyridine rings is 1. The van der Waals surface area contributed by atoms with E-state index in [2.05, 4.69) is 24.0 Å². The summed E-state index contributed by atoms with van der Waals surface area (Å²) in [5.41, 5.74) is 1.47. The molecule has 0 saturated carbocycles. The predicted molar refractivity (Wildman–Crippen MR) is 97.0 cm³/mol. The molecule has 1 heterocycles. The summed E-state index contributed by atoms with van der Waals surface area (Å²) in [4.78, 5) is 3.08. The Balaban J connectivity index is 1.73. The van der Waals surface area contributed by atoms with Crippen LogP contribution in [0.1, 0.15) is 102 Å². The zero-order chi connectivity index (χ0) is 15.7. The summed E-state index contributed by atoms with van der Waals surface area (Å²) in [5.74, 6) is 0. The molecule has 22 heavy (non-hydrogen) atoms. The lowest BCUT2D eigenvalue weighted by molar-refractivity contribution is -0.378. The Morgan fingerprint density at radius 2 is 1.00 bits per heavy atom. The van der Waals surface area contributed by atoms with Crippen molar-refractivity contribution in [1.82, 2.24) is 0 Å². The maximum atomic E-state index is 3.08. The molecular weight excluding hydrogens is 266 g/mol. The minimum Gasteiger partial charge on any atom is -0.218 e. The van der Waals surface area contributed by atoms with Crippen molar-refractivity contribution >= 4 is 0 Å². The van der Waals surface area contributed by atoms with Crippen LogP contribution in [0.25, 0.3) is 0 Å². The summed E-state index contributed by atoms with van der Waals surface area (Å²) < 4.78 is 0. The largest absolute Gasteiger partial charge is 0.218 e. The minimum absolute atomic E-state index is 1.24.